The van der Waals surface area contributed by atoms with Gasteiger partial charge in [-0.2, -0.15) is 26.3 Å². The molecule has 15 heavy (non-hydrogen) atoms. The van der Waals surface area contributed by atoms with Gasteiger partial charge in [0.15, 0.2) is 0 Å². The van der Waals surface area contributed by atoms with E-state index in [1.807, 2.05) is 0 Å². The summed E-state index contributed by atoms with van der Waals surface area (Å²) in [4.78, 5) is 0. The molecule has 0 aliphatic rings. The maximum absolute atomic E-state index is 12.6. The van der Waals surface area contributed by atoms with E-state index in [0.717, 1.165) is 28.2 Å². The van der Waals surface area contributed by atoms with E-state index in [1.165, 1.54) is 0 Å². The van der Waals surface area contributed by atoms with Crippen LogP contribution in [0.25, 0.3) is 0 Å². The predicted molar refractivity (Wildman–Crippen MR) is 45.2 cm³/mol. The molecule has 0 aromatic carbocycles. The van der Waals surface area contributed by atoms with Crippen LogP contribution < -0.4 is 0 Å². The van der Waals surface area contributed by atoms with Gasteiger partial charge in [0.2, 0.25) is 0 Å². The first kappa shape index (κ1) is 14.7. The third kappa shape index (κ3) is 2.13. The van der Waals surface area contributed by atoms with Crippen molar-refractivity contribution in [3.63, 3.8) is 0 Å². The Morgan fingerprint density at radius 2 is 0.867 bits per heavy atom. The summed E-state index contributed by atoms with van der Waals surface area (Å²) in [5.41, 5.74) is 0. The van der Waals surface area contributed by atoms with Crippen LogP contribution in [0.2, 0.25) is 0 Å². The van der Waals surface area contributed by atoms with Gasteiger partial charge in [-0.1, -0.05) is 0 Å². The highest BCUT2D eigenvalue weighted by Crippen LogP contribution is 2.43. The average molecular weight is 254 g/mol. The second-order valence-corrected chi connectivity index (χ2v) is 7.72. The highest BCUT2D eigenvalue weighted by molar-refractivity contribution is 6.78. The van der Waals surface area contributed by atoms with Crippen molar-refractivity contribution in [2.75, 3.05) is 28.2 Å². The largest absolute Gasteiger partial charge is 0.449 e. The SMILES string of the molecule is CN(C)[Si](N(C)C)(C(F)(F)F)C(F)(F)F. The molecule has 0 amide bonds. The van der Waals surface area contributed by atoms with Gasteiger partial charge in [-0.25, -0.2) is 0 Å². The zero-order chi connectivity index (χ0) is 12.7. The Kier molecular flexibility index (Phi) is 3.87. The number of halogens is 6. The summed E-state index contributed by atoms with van der Waals surface area (Å²) < 4.78 is 76.3. The Labute approximate surface area is 84.6 Å². The van der Waals surface area contributed by atoms with Crippen LogP contribution in [0, 0.1) is 0 Å². The highest BCUT2D eigenvalue weighted by Gasteiger charge is 2.78. The van der Waals surface area contributed by atoms with Crippen LogP contribution in [0.4, 0.5) is 26.3 Å². The summed E-state index contributed by atoms with van der Waals surface area (Å²) in [5.74, 6) is -10.6. The van der Waals surface area contributed by atoms with Crippen LogP contribution in [-0.4, -0.2) is 57.3 Å². The van der Waals surface area contributed by atoms with Crippen LogP contribution in [0.15, 0.2) is 0 Å². The summed E-state index contributed by atoms with van der Waals surface area (Å²) >= 11 is 0. The molecule has 92 valence electrons. The topological polar surface area (TPSA) is 6.48 Å². The van der Waals surface area contributed by atoms with E-state index in [4.69, 9.17) is 0 Å². The minimum atomic E-state index is -5.69. The lowest BCUT2D eigenvalue weighted by molar-refractivity contribution is -0.136. The molecule has 2 nitrogen and oxygen atoms in total. The van der Waals surface area contributed by atoms with Gasteiger partial charge in [-0.05, 0) is 28.2 Å². The lowest BCUT2D eigenvalue weighted by atomic mass is 11.2. The van der Waals surface area contributed by atoms with Crippen molar-refractivity contribution in [3.8, 4) is 0 Å². The average Bonchev–Trinajstić information content (AvgIpc) is 1.75. The maximum atomic E-state index is 12.6. The molecule has 0 saturated carbocycles. The fourth-order valence-corrected chi connectivity index (χ4v) is 4.72. The van der Waals surface area contributed by atoms with Gasteiger partial charge in [0.1, 0.15) is 0 Å². The van der Waals surface area contributed by atoms with Crippen LogP contribution >= 0.6 is 0 Å². The third-order valence-corrected chi connectivity index (χ3v) is 6.25. The molecule has 9 heteroatoms. The molecule has 0 N–H and O–H groups in total. The smallest absolute Gasteiger partial charge is 0.304 e. The minimum Gasteiger partial charge on any atom is -0.304 e. The van der Waals surface area contributed by atoms with Gasteiger partial charge in [-0.15, -0.1) is 0 Å². The third-order valence-electron chi connectivity index (χ3n) is 2.08. The van der Waals surface area contributed by atoms with Gasteiger partial charge < -0.3 is 9.13 Å². The lowest BCUT2D eigenvalue weighted by Crippen LogP contribution is -2.78. The Balaban J connectivity index is 5.73. The van der Waals surface area contributed by atoms with Crippen LogP contribution in [-0.2, 0) is 0 Å². The quantitative estimate of drug-likeness (QED) is 0.547. The Morgan fingerprint density at radius 1 is 0.667 bits per heavy atom. The van der Waals surface area contributed by atoms with Gasteiger partial charge in [-0.3, -0.25) is 0 Å². The summed E-state index contributed by atoms with van der Waals surface area (Å²) in [7, 11) is -2.49. The Morgan fingerprint density at radius 3 is 0.867 bits per heavy atom. The van der Waals surface area contributed by atoms with Crippen LogP contribution in [0.1, 0.15) is 0 Å². The molecule has 0 bridgehead atoms. The normalized spacial score (nSPS) is 15.2. The van der Waals surface area contributed by atoms with E-state index in [-0.39, 0.29) is 9.13 Å². The molecule has 0 rings (SSSR count). The Bertz CT molecular complexity index is 197. The molecule has 0 radical (unpaired) electrons. The lowest BCUT2D eigenvalue weighted by Gasteiger charge is -2.43. The summed E-state index contributed by atoms with van der Waals surface area (Å²) in [6.07, 6.45) is 0. The molecule has 0 aromatic heterocycles. The van der Waals surface area contributed by atoms with Gasteiger partial charge >= 0.3 is 20.0 Å². The van der Waals surface area contributed by atoms with Crippen molar-refractivity contribution in [1.82, 2.24) is 9.13 Å². The van der Waals surface area contributed by atoms with E-state index in [9.17, 15) is 26.3 Å². The number of hydrogen-bond acceptors (Lipinski definition) is 2. The molecule has 0 saturated heterocycles. The molecule has 0 fully saturated rings. The van der Waals surface area contributed by atoms with Crippen molar-refractivity contribution in [2.45, 2.75) is 11.6 Å². The molecule has 0 aliphatic carbocycles. The number of rotatable bonds is 2. The van der Waals surface area contributed by atoms with Crippen molar-refractivity contribution < 1.29 is 26.3 Å². The summed E-state index contributed by atoms with van der Waals surface area (Å²) in [5, 5.41) is 0. The number of nitrogens with zero attached hydrogens (tertiary/aromatic N) is 2. The summed E-state index contributed by atoms with van der Waals surface area (Å²) in [6.45, 7) is 0. The van der Waals surface area contributed by atoms with Gasteiger partial charge in [0.05, 0.1) is 0 Å². The van der Waals surface area contributed by atoms with E-state index >= 15 is 0 Å². The molecule has 0 unspecified atom stereocenters. The molecule has 0 heterocycles. The second kappa shape index (κ2) is 3.94. The zero-order valence-electron chi connectivity index (χ0n) is 8.66. The van der Waals surface area contributed by atoms with Crippen LogP contribution in [0.5, 0.6) is 0 Å². The standard InChI is InChI=1S/C6H12F6N2Si/c1-13(2)15(14(3)4,5(7,8)9)6(10,11)12/h1-4H3. The van der Waals surface area contributed by atoms with Gasteiger partial charge in [0.25, 0.3) is 0 Å². The van der Waals surface area contributed by atoms with Crippen molar-refractivity contribution in [2.24, 2.45) is 0 Å². The Hall–Kier alpha value is -0.283. The number of hydrogen-bond donors (Lipinski definition) is 0. The van der Waals surface area contributed by atoms with Crippen molar-refractivity contribution >= 4 is 8.40 Å². The van der Waals surface area contributed by atoms with E-state index in [1.54, 1.807) is 0 Å². The van der Waals surface area contributed by atoms with Gasteiger partial charge in [0, 0.05) is 0 Å². The van der Waals surface area contributed by atoms with E-state index in [2.05, 4.69) is 0 Å². The fraction of sp³-hybridized carbons (Fsp3) is 1.00. The zero-order valence-corrected chi connectivity index (χ0v) is 9.66. The molecule has 0 spiro atoms. The second-order valence-electron chi connectivity index (χ2n) is 3.46. The monoisotopic (exact) mass is 254 g/mol. The van der Waals surface area contributed by atoms with Crippen molar-refractivity contribution in [1.29, 1.82) is 0 Å². The summed E-state index contributed by atoms with van der Waals surface area (Å²) in [6, 6.07) is 0. The molecule has 0 aromatic rings. The molecular formula is C6H12F6N2Si. The van der Waals surface area contributed by atoms with Crippen molar-refractivity contribution in [3.05, 3.63) is 0 Å². The number of alkyl halides is 6. The minimum absolute atomic E-state index is 0.243. The molecular weight excluding hydrogens is 242 g/mol. The van der Waals surface area contributed by atoms with E-state index < -0.39 is 20.0 Å². The maximum Gasteiger partial charge on any atom is 0.449 e. The fourth-order valence-electron chi connectivity index (χ4n) is 1.57. The van der Waals surface area contributed by atoms with Crippen LogP contribution in [0.3, 0.4) is 0 Å². The molecule has 0 aliphatic heterocycles. The first-order valence-electron chi connectivity index (χ1n) is 3.87. The predicted octanol–water partition coefficient (Wildman–Crippen LogP) is 1.75. The first-order valence-corrected chi connectivity index (χ1v) is 5.76. The highest BCUT2D eigenvalue weighted by atomic mass is 28.4. The molecule has 0 atom stereocenters. The first-order chi connectivity index (χ1) is 6.39. The van der Waals surface area contributed by atoms with E-state index in [0.29, 0.717) is 0 Å².